The molecule has 0 spiro atoms. The average molecular weight is 255 g/mol. The monoisotopic (exact) mass is 255 g/mol. The summed E-state index contributed by atoms with van der Waals surface area (Å²) in [5, 5.41) is 13.7. The summed E-state index contributed by atoms with van der Waals surface area (Å²) in [6.07, 6.45) is 6.85. The van der Waals surface area contributed by atoms with Gasteiger partial charge in [0.2, 0.25) is 0 Å². The number of fused-ring (bicyclic) bond motifs is 1. The Kier molecular flexibility index (Phi) is 2.75. The molecule has 0 fully saturated rings. The molecule has 0 aromatic carbocycles. The number of pyridine rings is 1. The van der Waals surface area contributed by atoms with Gasteiger partial charge in [0.25, 0.3) is 5.91 Å². The lowest BCUT2D eigenvalue weighted by Gasteiger charge is -2.11. The highest BCUT2D eigenvalue weighted by Crippen LogP contribution is 2.13. The highest BCUT2D eigenvalue weighted by Gasteiger charge is 2.15. The number of hydrogen-bond donors (Lipinski definition) is 2. The fourth-order valence-corrected chi connectivity index (χ4v) is 1.96. The van der Waals surface area contributed by atoms with Crippen molar-refractivity contribution in [1.29, 1.82) is 0 Å². The predicted octanol–water partition coefficient (Wildman–Crippen LogP) is 1.55. The summed E-state index contributed by atoms with van der Waals surface area (Å²) in [7, 11) is 0. The second-order valence-electron chi connectivity index (χ2n) is 4.32. The van der Waals surface area contributed by atoms with Gasteiger partial charge in [-0.25, -0.2) is 4.52 Å². The molecule has 3 aromatic rings. The number of aromatic nitrogens is 4. The summed E-state index contributed by atoms with van der Waals surface area (Å²) < 4.78 is 1.68. The van der Waals surface area contributed by atoms with Crippen LogP contribution in [-0.4, -0.2) is 25.7 Å². The van der Waals surface area contributed by atoms with E-state index >= 15 is 0 Å². The van der Waals surface area contributed by atoms with Crippen LogP contribution < -0.4 is 5.32 Å². The fourth-order valence-electron chi connectivity index (χ4n) is 1.96. The van der Waals surface area contributed by atoms with E-state index in [9.17, 15) is 4.79 Å². The predicted molar refractivity (Wildman–Crippen MR) is 69.7 cm³/mol. The summed E-state index contributed by atoms with van der Waals surface area (Å²) in [4.78, 5) is 12.2. The first-order chi connectivity index (χ1) is 9.25. The second kappa shape index (κ2) is 4.56. The molecular formula is C13H13N5O. The quantitative estimate of drug-likeness (QED) is 0.745. The average Bonchev–Trinajstić information content (AvgIpc) is 3.08. The van der Waals surface area contributed by atoms with Gasteiger partial charge in [-0.3, -0.25) is 9.89 Å². The molecule has 1 unspecified atom stereocenters. The van der Waals surface area contributed by atoms with E-state index in [1.54, 1.807) is 23.1 Å². The van der Waals surface area contributed by atoms with Gasteiger partial charge in [-0.2, -0.15) is 10.2 Å². The molecule has 3 heterocycles. The molecule has 1 amide bonds. The van der Waals surface area contributed by atoms with E-state index in [2.05, 4.69) is 20.6 Å². The Bertz CT molecular complexity index is 701. The Hall–Kier alpha value is -2.63. The number of hydrogen-bond acceptors (Lipinski definition) is 3. The highest BCUT2D eigenvalue weighted by molar-refractivity contribution is 6.00. The minimum atomic E-state index is -0.144. The lowest BCUT2D eigenvalue weighted by atomic mass is 10.1. The van der Waals surface area contributed by atoms with E-state index in [4.69, 9.17) is 0 Å². The third-order valence-electron chi connectivity index (χ3n) is 3.04. The van der Waals surface area contributed by atoms with Gasteiger partial charge < -0.3 is 5.32 Å². The first-order valence-electron chi connectivity index (χ1n) is 5.97. The molecule has 6 nitrogen and oxygen atoms in total. The summed E-state index contributed by atoms with van der Waals surface area (Å²) in [6, 6.07) is 5.51. The van der Waals surface area contributed by atoms with Crippen molar-refractivity contribution in [3.8, 4) is 0 Å². The topological polar surface area (TPSA) is 75.1 Å². The van der Waals surface area contributed by atoms with Crippen molar-refractivity contribution in [2.45, 2.75) is 13.0 Å². The second-order valence-corrected chi connectivity index (χ2v) is 4.32. The van der Waals surface area contributed by atoms with E-state index in [1.165, 1.54) is 0 Å². The first-order valence-corrected chi connectivity index (χ1v) is 5.97. The van der Waals surface area contributed by atoms with Gasteiger partial charge in [-0.1, -0.05) is 6.07 Å². The van der Waals surface area contributed by atoms with Crippen molar-refractivity contribution < 1.29 is 4.79 Å². The Morgan fingerprint density at radius 2 is 2.32 bits per heavy atom. The van der Waals surface area contributed by atoms with Crippen LogP contribution in [-0.2, 0) is 0 Å². The standard InChI is InChI=1S/C13H13N5O/c1-9(10-6-14-15-7-10)17-13(19)11-8-16-18-5-3-2-4-12(11)18/h2-9H,1H3,(H,14,15)(H,17,19). The molecule has 1 atom stereocenters. The number of rotatable bonds is 3. The SMILES string of the molecule is CC(NC(=O)c1cnn2ccccc12)c1cn[nH]c1. The minimum absolute atomic E-state index is 0.107. The molecule has 0 saturated heterocycles. The Morgan fingerprint density at radius 1 is 1.42 bits per heavy atom. The number of carbonyl (C=O) groups excluding carboxylic acids is 1. The Balaban J connectivity index is 1.84. The largest absolute Gasteiger partial charge is 0.345 e. The lowest BCUT2D eigenvalue weighted by Crippen LogP contribution is -2.26. The number of carbonyl (C=O) groups is 1. The van der Waals surface area contributed by atoms with Gasteiger partial charge in [0.1, 0.15) is 0 Å². The van der Waals surface area contributed by atoms with Crippen LogP contribution >= 0.6 is 0 Å². The number of aromatic amines is 1. The first kappa shape index (κ1) is 11.5. The third kappa shape index (κ3) is 2.08. The van der Waals surface area contributed by atoms with Crippen molar-refractivity contribution in [3.63, 3.8) is 0 Å². The summed E-state index contributed by atoms with van der Waals surface area (Å²) >= 11 is 0. The van der Waals surface area contributed by atoms with Gasteiger partial charge in [0, 0.05) is 18.0 Å². The zero-order chi connectivity index (χ0) is 13.2. The van der Waals surface area contributed by atoms with Crippen LogP contribution in [0.3, 0.4) is 0 Å². The van der Waals surface area contributed by atoms with Gasteiger partial charge >= 0.3 is 0 Å². The lowest BCUT2D eigenvalue weighted by molar-refractivity contribution is 0.0941. The zero-order valence-electron chi connectivity index (χ0n) is 10.4. The normalized spacial score (nSPS) is 12.5. The van der Waals surface area contributed by atoms with Crippen LogP contribution in [0.5, 0.6) is 0 Å². The highest BCUT2D eigenvalue weighted by atomic mass is 16.1. The molecule has 0 bridgehead atoms. The Morgan fingerprint density at radius 3 is 3.11 bits per heavy atom. The molecule has 0 aliphatic rings. The van der Waals surface area contributed by atoms with Crippen LogP contribution in [0.25, 0.3) is 5.52 Å². The zero-order valence-corrected chi connectivity index (χ0v) is 10.4. The summed E-state index contributed by atoms with van der Waals surface area (Å²) in [6.45, 7) is 1.91. The molecule has 19 heavy (non-hydrogen) atoms. The molecule has 3 rings (SSSR count). The van der Waals surface area contributed by atoms with Crippen molar-refractivity contribution in [2.75, 3.05) is 0 Å². The molecule has 96 valence electrons. The molecule has 0 saturated carbocycles. The van der Waals surface area contributed by atoms with Gasteiger partial charge in [-0.15, -0.1) is 0 Å². The summed E-state index contributed by atoms with van der Waals surface area (Å²) in [5.74, 6) is -0.144. The van der Waals surface area contributed by atoms with Crippen molar-refractivity contribution in [1.82, 2.24) is 25.1 Å². The molecule has 6 heteroatoms. The van der Waals surface area contributed by atoms with Crippen LogP contribution in [0.15, 0.2) is 43.0 Å². The van der Waals surface area contributed by atoms with Crippen LogP contribution in [0.2, 0.25) is 0 Å². The number of amides is 1. The number of nitrogens with one attached hydrogen (secondary N) is 2. The van der Waals surface area contributed by atoms with E-state index in [1.807, 2.05) is 31.3 Å². The molecule has 2 N–H and O–H groups in total. The van der Waals surface area contributed by atoms with E-state index < -0.39 is 0 Å². The van der Waals surface area contributed by atoms with Crippen LogP contribution in [0, 0.1) is 0 Å². The maximum absolute atomic E-state index is 12.2. The van der Waals surface area contributed by atoms with Gasteiger partial charge in [0.15, 0.2) is 0 Å². The van der Waals surface area contributed by atoms with E-state index in [0.717, 1.165) is 11.1 Å². The van der Waals surface area contributed by atoms with Crippen molar-refractivity contribution >= 4 is 11.4 Å². The Labute approximate surface area is 109 Å². The maximum Gasteiger partial charge on any atom is 0.255 e. The van der Waals surface area contributed by atoms with Gasteiger partial charge in [-0.05, 0) is 19.1 Å². The summed E-state index contributed by atoms with van der Waals surface area (Å²) in [5.41, 5.74) is 2.29. The molecular weight excluding hydrogens is 242 g/mol. The fraction of sp³-hybridized carbons (Fsp3) is 0.154. The van der Waals surface area contributed by atoms with Crippen molar-refractivity contribution in [2.24, 2.45) is 0 Å². The van der Waals surface area contributed by atoms with E-state index in [0.29, 0.717) is 5.56 Å². The van der Waals surface area contributed by atoms with Crippen LogP contribution in [0.1, 0.15) is 28.9 Å². The molecule has 0 aliphatic carbocycles. The minimum Gasteiger partial charge on any atom is -0.345 e. The van der Waals surface area contributed by atoms with E-state index in [-0.39, 0.29) is 11.9 Å². The van der Waals surface area contributed by atoms with Crippen molar-refractivity contribution in [3.05, 3.63) is 54.1 Å². The smallest absolute Gasteiger partial charge is 0.255 e. The third-order valence-corrected chi connectivity index (χ3v) is 3.04. The number of nitrogens with zero attached hydrogens (tertiary/aromatic N) is 3. The number of H-pyrrole nitrogens is 1. The molecule has 0 aliphatic heterocycles. The molecule has 0 radical (unpaired) electrons. The molecule has 3 aromatic heterocycles. The van der Waals surface area contributed by atoms with Crippen LogP contribution in [0.4, 0.5) is 0 Å². The maximum atomic E-state index is 12.2. The van der Waals surface area contributed by atoms with Gasteiger partial charge in [0.05, 0.1) is 29.5 Å².